The zero-order chi connectivity index (χ0) is 23.7. The van der Waals surface area contributed by atoms with Crippen molar-refractivity contribution in [1.82, 2.24) is 0 Å². The van der Waals surface area contributed by atoms with Crippen LogP contribution in [0.4, 0.5) is 0 Å². The Balaban J connectivity index is 4.19. The fraction of sp³-hybridized carbons (Fsp3) is 0.926. The topological polar surface area (TPSA) is 74.6 Å². The van der Waals surface area contributed by atoms with E-state index in [0.717, 1.165) is 57.8 Å². The molecule has 0 aromatic heterocycles. The molecule has 0 saturated heterocycles. The van der Waals surface area contributed by atoms with Crippen molar-refractivity contribution in [2.45, 2.75) is 137 Å². The number of carboxylic acids is 2. The van der Waals surface area contributed by atoms with Crippen LogP contribution in [0.25, 0.3) is 0 Å². The lowest BCUT2D eigenvalue weighted by Crippen LogP contribution is -2.38. The van der Waals surface area contributed by atoms with Crippen LogP contribution in [0.1, 0.15) is 137 Å². The van der Waals surface area contributed by atoms with Gasteiger partial charge in [0.05, 0.1) is 5.41 Å². The molecule has 31 heavy (non-hydrogen) atoms. The molecule has 0 aliphatic heterocycles. The third-order valence-corrected chi connectivity index (χ3v) is 6.98. The van der Waals surface area contributed by atoms with Gasteiger partial charge in [-0.25, -0.2) is 0 Å². The second kappa shape index (κ2) is 17.5. The van der Waals surface area contributed by atoms with Crippen LogP contribution < -0.4 is 0 Å². The molecule has 0 fully saturated rings. The Morgan fingerprint density at radius 1 is 0.613 bits per heavy atom. The minimum absolute atomic E-state index is 0.230. The highest BCUT2D eigenvalue weighted by molar-refractivity contribution is 5.75. The molecule has 4 nitrogen and oxygen atoms in total. The van der Waals surface area contributed by atoms with Crippen LogP contribution in [0.5, 0.6) is 0 Å². The summed E-state index contributed by atoms with van der Waals surface area (Å²) in [5.41, 5.74) is -0.560. The van der Waals surface area contributed by atoms with Crippen molar-refractivity contribution in [3.05, 3.63) is 0 Å². The van der Waals surface area contributed by atoms with E-state index in [1.54, 1.807) is 0 Å². The van der Waals surface area contributed by atoms with E-state index in [1.165, 1.54) is 38.5 Å². The Bertz CT molecular complexity index is 458. The van der Waals surface area contributed by atoms with Gasteiger partial charge < -0.3 is 10.2 Å². The van der Waals surface area contributed by atoms with Gasteiger partial charge in [0.15, 0.2) is 0 Å². The van der Waals surface area contributed by atoms with Crippen molar-refractivity contribution in [2.75, 3.05) is 0 Å². The summed E-state index contributed by atoms with van der Waals surface area (Å²) in [6, 6.07) is 0. The Morgan fingerprint density at radius 2 is 1.00 bits per heavy atom. The van der Waals surface area contributed by atoms with E-state index in [4.69, 9.17) is 5.11 Å². The van der Waals surface area contributed by atoms with Gasteiger partial charge >= 0.3 is 11.9 Å². The highest BCUT2D eigenvalue weighted by Crippen LogP contribution is 2.42. The van der Waals surface area contributed by atoms with Crippen LogP contribution >= 0.6 is 0 Å². The lowest BCUT2D eigenvalue weighted by atomic mass is 9.66. The number of unbranched alkanes of at least 4 members (excludes halogenated alkanes) is 9. The molecule has 0 rings (SSSR count). The summed E-state index contributed by atoms with van der Waals surface area (Å²) < 4.78 is 0. The fourth-order valence-corrected chi connectivity index (χ4v) is 4.55. The minimum Gasteiger partial charge on any atom is -0.481 e. The molecule has 0 bridgehead atoms. The summed E-state index contributed by atoms with van der Waals surface area (Å²) in [6.07, 6.45) is 16.5. The van der Waals surface area contributed by atoms with Crippen molar-refractivity contribution < 1.29 is 19.8 Å². The maximum Gasteiger partial charge on any atom is 0.309 e. The zero-order valence-corrected chi connectivity index (χ0v) is 21.3. The van der Waals surface area contributed by atoms with Crippen LogP contribution in [0.2, 0.25) is 0 Å². The van der Waals surface area contributed by atoms with Crippen LogP contribution in [0, 0.1) is 23.2 Å². The van der Waals surface area contributed by atoms with Gasteiger partial charge in [-0.3, -0.25) is 9.59 Å². The Morgan fingerprint density at radius 3 is 1.35 bits per heavy atom. The second-order valence-corrected chi connectivity index (χ2v) is 10.7. The lowest BCUT2D eigenvalue weighted by Gasteiger charge is -2.37. The number of hydrogen-bond acceptors (Lipinski definition) is 2. The summed E-state index contributed by atoms with van der Waals surface area (Å²) in [5, 5.41) is 18.8. The SMILES string of the molecule is CC(C)CCC(CCC(C)C)(C(=O)O)C(C)CCCCCCCCCCCCC(=O)O. The number of carboxylic acid groups (broad SMARTS) is 2. The predicted molar refractivity (Wildman–Crippen MR) is 130 cm³/mol. The van der Waals surface area contributed by atoms with Crippen molar-refractivity contribution in [2.24, 2.45) is 23.2 Å². The Labute approximate surface area is 192 Å². The normalized spacial score (nSPS) is 13.1. The van der Waals surface area contributed by atoms with Crippen molar-refractivity contribution in [3.63, 3.8) is 0 Å². The monoisotopic (exact) mass is 440 g/mol. The maximum atomic E-state index is 12.4. The first-order chi connectivity index (χ1) is 14.6. The van der Waals surface area contributed by atoms with Crippen molar-refractivity contribution in [1.29, 1.82) is 0 Å². The molecule has 184 valence electrons. The molecule has 0 heterocycles. The molecule has 1 atom stereocenters. The molecule has 0 amide bonds. The Kier molecular flexibility index (Phi) is 16.9. The number of hydrogen-bond donors (Lipinski definition) is 2. The molecule has 0 aromatic carbocycles. The lowest BCUT2D eigenvalue weighted by molar-refractivity contribution is -0.154. The molecule has 0 aromatic rings. The van der Waals surface area contributed by atoms with Gasteiger partial charge in [-0.15, -0.1) is 0 Å². The largest absolute Gasteiger partial charge is 0.481 e. The van der Waals surface area contributed by atoms with Crippen molar-refractivity contribution in [3.8, 4) is 0 Å². The number of aliphatic carboxylic acids is 2. The molecule has 0 spiro atoms. The first-order valence-electron chi connectivity index (χ1n) is 13.1. The molecule has 1 unspecified atom stereocenters. The summed E-state index contributed by atoms with van der Waals surface area (Å²) >= 11 is 0. The molecule has 0 aliphatic carbocycles. The summed E-state index contributed by atoms with van der Waals surface area (Å²) in [5.74, 6) is 0.0528. The third kappa shape index (κ3) is 14.6. The van der Waals surface area contributed by atoms with Crippen molar-refractivity contribution >= 4 is 11.9 Å². The van der Waals surface area contributed by atoms with E-state index >= 15 is 0 Å². The third-order valence-electron chi connectivity index (χ3n) is 6.98. The average molecular weight is 441 g/mol. The van der Waals surface area contributed by atoms with E-state index in [9.17, 15) is 14.7 Å². The van der Waals surface area contributed by atoms with E-state index in [2.05, 4.69) is 34.6 Å². The maximum absolute atomic E-state index is 12.4. The van der Waals surface area contributed by atoms with Gasteiger partial charge in [0, 0.05) is 6.42 Å². The first-order valence-corrected chi connectivity index (χ1v) is 13.1. The quantitative estimate of drug-likeness (QED) is 0.176. The van der Waals surface area contributed by atoms with E-state index in [-0.39, 0.29) is 5.92 Å². The average Bonchev–Trinajstić information content (AvgIpc) is 2.68. The molecule has 4 heteroatoms. The summed E-state index contributed by atoms with van der Waals surface area (Å²) in [7, 11) is 0. The van der Waals surface area contributed by atoms with E-state index < -0.39 is 17.4 Å². The van der Waals surface area contributed by atoms with Gasteiger partial charge in [0.2, 0.25) is 0 Å². The minimum atomic E-state index is -0.685. The summed E-state index contributed by atoms with van der Waals surface area (Å²) in [6.45, 7) is 10.9. The van der Waals surface area contributed by atoms with Crippen LogP contribution in [0.15, 0.2) is 0 Å². The molecule has 0 radical (unpaired) electrons. The molecule has 0 aliphatic rings. The zero-order valence-electron chi connectivity index (χ0n) is 21.3. The molecule has 0 saturated carbocycles. The smallest absolute Gasteiger partial charge is 0.309 e. The second-order valence-electron chi connectivity index (χ2n) is 10.7. The van der Waals surface area contributed by atoms with Gasteiger partial charge in [-0.05, 0) is 56.3 Å². The molecular formula is C27H52O4. The van der Waals surface area contributed by atoms with E-state index in [1.807, 2.05) is 0 Å². The highest BCUT2D eigenvalue weighted by Gasteiger charge is 2.42. The van der Waals surface area contributed by atoms with Gasteiger partial charge in [-0.2, -0.15) is 0 Å². The van der Waals surface area contributed by atoms with Crippen LogP contribution in [0.3, 0.4) is 0 Å². The Hall–Kier alpha value is -1.06. The van der Waals surface area contributed by atoms with Gasteiger partial charge in [0.1, 0.15) is 0 Å². The van der Waals surface area contributed by atoms with Gasteiger partial charge in [-0.1, -0.05) is 92.4 Å². The predicted octanol–water partition coefficient (Wildman–Crippen LogP) is 8.33. The van der Waals surface area contributed by atoms with Gasteiger partial charge in [0.25, 0.3) is 0 Å². The van der Waals surface area contributed by atoms with Crippen LogP contribution in [-0.4, -0.2) is 22.2 Å². The first kappa shape index (κ1) is 29.9. The molecule has 2 N–H and O–H groups in total. The van der Waals surface area contributed by atoms with Crippen LogP contribution in [-0.2, 0) is 9.59 Å². The number of carbonyl (C=O) groups is 2. The van der Waals surface area contributed by atoms with E-state index in [0.29, 0.717) is 18.3 Å². The summed E-state index contributed by atoms with van der Waals surface area (Å²) in [4.78, 5) is 22.9. The standard InChI is InChI=1S/C27H52O4/c1-22(2)18-20-27(26(30)31,21-19-23(3)4)24(5)16-14-12-10-8-6-7-9-11-13-15-17-25(28)29/h22-24H,6-21H2,1-5H3,(H,28,29)(H,30,31). The number of rotatable bonds is 21. The highest BCUT2D eigenvalue weighted by atomic mass is 16.4. The molecular weight excluding hydrogens is 388 g/mol. The fourth-order valence-electron chi connectivity index (χ4n) is 4.55.